The Morgan fingerprint density at radius 3 is 2.33 bits per heavy atom. The number of para-hydroxylation sites is 1. The number of rotatable bonds is 4. The predicted octanol–water partition coefficient (Wildman–Crippen LogP) is 5.58. The highest BCUT2D eigenvalue weighted by atomic mass is 16.5. The first-order chi connectivity index (χ1) is 16.2. The Morgan fingerprint density at radius 2 is 1.52 bits per heavy atom. The normalized spacial score (nSPS) is 13.4. The molecule has 3 aromatic carbocycles. The van der Waals surface area contributed by atoms with E-state index in [0.29, 0.717) is 0 Å². The van der Waals surface area contributed by atoms with Gasteiger partial charge in [0.15, 0.2) is 12.4 Å². The number of hydrogen-bond donors (Lipinski definition) is 0. The first-order valence-corrected chi connectivity index (χ1v) is 11.1. The van der Waals surface area contributed by atoms with Crippen molar-refractivity contribution in [3.8, 4) is 17.2 Å². The number of fused-ring (bicyclic) bond motifs is 3. The van der Waals surface area contributed by atoms with Crippen molar-refractivity contribution in [3.63, 3.8) is 0 Å². The Kier molecular flexibility index (Phi) is 4.54. The molecule has 2 aromatic heterocycles. The van der Waals surface area contributed by atoms with E-state index in [9.17, 15) is 0 Å². The van der Waals surface area contributed by atoms with Gasteiger partial charge in [0.05, 0.1) is 23.4 Å². The molecule has 0 fully saturated rings. The van der Waals surface area contributed by atoms with E-state index in [1.165, 1.54) is 16.3 Å². The highest BCUT2D eigenvalue weighted by molar-refractivity contribution is 6.09. The molecule has 0 saturated carbocycles. The molecule has 5 aromatic rings. The van der Waals surface area contributed by atoms with Gasteiger partial charge in [-0.15, -0.1) is 0 Å². The molecule has 0 saturated heterocycles. The fourth-order valence-electron chi connectivity index (χ4n) is 4.49. The van der Waals surface area contributed by atoms with Crippen LogP contribution in [-0.2, 0) is 7.05 Å². The Bertz CT molecular complexity index is 1500. The average molecular weight is 434 g/mol. The van der Waals surface area contributed by atoms with Crippen LogP contribution in [0.5, 0.6) is 11.5 Å². The van der Waals surface area contributed by atoms with Crippen LogP contribution >= 0.6 is 0 Å². The minimum atomic E-state index is 0.819. The second-order valence-electron chi connectivity index (χ2n) is 8.52. The fraction of sp³-hybridized carbons (Fsp3) is 0.107. The smallest absolute Gasteiger partial charge is 0.170 e. The zero-order valence-corrected chi connectivity index (χ0v) is 18.7. The maximum Gasteiger partial charge on any atom is 0.170 e. The quantitative estimate of drug-likeness (QED) is 0.346. The molecule has 33 heavy (non-hydrogen) atoms. The number of aromatic nitrogens is 2. The van der Waals surface area contributed by atoms with E-state index in [-0.39, 0.29) is 0 Å². The monoisotopic (exact) mass is 433 g/mol. The van der Waals surface area contributed by atoms with Crippen LogP contribution in [0.25, 0.3) is 27.5 Å². The highest BCUT2D eigenvalue weighted by Gasteiger charge is 2.15. The van der Waals surface area contributed by atoms with Crippen molar-refractivity contribution in [1.29, 1.82) is 0 Å². The van der Waals surface area contributed by atoms with Gasteiger partial charge in [0.1, 0.15) is 18.5 Å². The second kappa shape index (κ2) is 7.71. The van der Waals surface area contributed by atoms with Crippen LogP contribution in [0.1, 0.15) is 0 Å². The molecule has 0 spiro atoms. The highest BCUT2D eigenvalue weighted by Crippen LogP contribution is 2.35. The van der Waals surface area contributed by atoms with Crippen LogP contribution in [0.15, 0.2) is 104 Å². The third-order valence-electron chi connectivity index (χ3n) is 6.13. The molecular formula is C28H25N4O+. The molecule has 0 unspecified atom stereocenters. The van der Waals surface area contributed by atoms with Crippen LogP contribution in [-0.4, -0.2) is 23.2 Å². The first-order valence-electron chi connectivity index (χ1n) is 11.1. The van der Waals surface area contributed by atoms with Gasteiger partial charge in [-0.3, -0.25) is 0 Å². The summed E-state index contributed by atoms with van der Waals surface area (Å²) >= 11 is 0. The van der Waals surface area contributed by atoms with Crippen molar-refractivity contribution in [2.45, 2.75) is 0 Å². The molecule has 5 nitrogen and oxygen atoms in total. The maximum absolute atomic E-state index is 6.34. The lowest BCUT2D eigenvalue weighted by Gasteiger charge is -2.19. The summed E-state index contributed by atoms with van der Waals surface area (Å²) in [6, 6.07) is 27.4. The van der Waals surface area contributed by atoms with Gasteiger partial charge < -0.3 is 19.1 Å². The summed E-state index contributed by atoms with van der Waals surface area (Å²) in [6.07, 6.45) is 8.31. The SMILES string of the molecule is CN1C=CN(c2cccc(Oc3ccc4c5ccccc5n(-c5cc[n+](C)cc5)c4c3)c2)C1. The third kappa shape index (κ3) is 3.48. The van der Waals surface area contributed by atoms with Crippen LogP contribution in [0.2, 0.25) is 0 Å². The van der Waals surface area contributed by atoms with Crippen molar-refractivity contribution in [1.82, 2.24) is 9.47 Å². The van der Waals surface area contributed by atoms with E-state index in [2.05, 4.69) is 113 Å². The van der Waals surface area contributed by atoms with Crippen LogP contribution in [0.3, 0.4) is 0 Å². The van der Waals surface area contributed by atoms with Gasteiger partial charge in [0.2, 0.25) is 0 Å². The molecule has 0 amide bonds. The lowest BCUT2D eigenvalue weighted by atomic mass is 10.1. The van der Waals surface area contributed by atoms with Crippen molar-refractivity contribution in [2.75, 3.05) is 18.6 Å². The molecule has 6 rings (SSSR count). The molecule has 5 heteroatoms. The first kappa shape index (κ1) is 19.4. The number of pyridine rings is 1. The summed E-state index contributed by atoms with van der Waals surface area (Å²) in [5.41, 5.74) is 4.55. The van der Waals surface area contributed by atoms with Crippen molar-refractivity contribution in [2.24, 2.45) is 7.05 Å². The van der Waals surface area contributed by atoms with Gasteiger partial charge >= 0.3 is 0 Å². The second-order valence-corrected chi connectivity index (χ2v) is 8.52. The number of hydrogen-bond acceptors (Lipinski definition) is 3. The van der Waals surface area contributed by atoms with Gasteiger partial charge in [0.25, 0.3) is 0 Å². The summed E-state index contributed by atoms with van der Waals surface area (Å²) in [5.74, 6) is 1.64. The van der Waals surface area contributed by atoms with E-state index in [0.717, 1.165) is 35.1 Å². The maximum atomic E-state index is 6.34. The summed E-state index contributed by atoms with van der Waals surface area (Å²) in [6.45, 7) is 0.838. The molecule has 0 bridgehead atoms. The lowest BCUT2D eigenvalue weighted by Crippen LogP contribution is -2.26. The molecule has 162 valence electrons. The number of aryl methyl sites for hydroxylation is 1. The molecule has 0 radical (unpaired) electrons. The number of benzene rings is 3. The Morgan fingerprint density at radius 1 is 0.727 bits per heavy atom. The fourth-order valence-corrected chi connectivity index (χ4v) is 4.49. The number of nitrogens with zero attached hydrogens (tertiary/aromatic N) is 4. The van der Waals surface area contributed by atoms with E-state index in [4.69, 9.17) is 4.74 Å². The van der Waals surface area contributed by atoms with Crippen LogP contribution < -0.4 is 14.2 Å². The minimum absolute atomic E-state index is 0.819. The van der Waals surface area contributed by atoms with Crippen LogP contribution in [0, 0.1) is 0 Å². The molecule has 0 N–H and O–H groups in total. The molecule has 0 aliphatic carbocycles. The molecule has 1 aliphatic rings. The third-order valence-corrected chi connectivity index (χ3v) is 6.13. The number of ether oxygens (including phenoxy) is 1. The topological polar surface area (TPSA) is 24.5 Å². The number of anilines is 1. The molecule has 0 atom stereocenters. The standard InChI is InChI=1S/C28H25N4O/c1-29-14-12-21(13-15-29)32-27-9-4-3-8-25(27)26-11-10-24(19-28(26)32)33-23-7-5-6-22(18-23)31-17-16-30(2)20-31/h3-19H,20H2,1-2H3/q+1. The van der Waals surface area contributed by atoms with Crippen LogP contribution in [0.4, 0.5) is 5.69 Å². The Labute approximate surface area is 193 Å². The van der Waals surface area contributed by atoms with Gasteiger partial charge in [-0.05, 0) is 30.3 Å². The van der Waals surface area contributed by atoms with E-state index >= 15 is 0 Å². The Hall–Kier alpha value is -4.25. The van der Waals surface area contributed by atoms with E-state index in [1.807, 2.05) is 23.7 Å². The van der Waals surface area contributed by atoms with Crippen molar-refractivity contribution < 1.29 is 9.30 Å². The zero-order chi connectivity index (χ0) is 22.4. The molecule has 1 aliphatic heterocycles. The van der Waals surface area contributed by atoms with Gasteiger partial charge in [0, 0.05) is 60.2 Å². The average Bonchev–Trinajstić information content (AvgIpc) is 3.41. The van der Waals surface area contributed by atoms with Gasteiger partial charge in [-0.25, -0.2) is 4.57 Å². The molecular weight excluding hydrogens is 408 g/mol. The lowest BCUT2D eigenvalue weighted by molar-refractivity contribution is -0.671. The van der Waals surface area contributed by atoms with E-state index < -0.39 is 0 Å². The summed E-state index contributed by atoms with van der Waals surface area (Å²) in [5, 5.41) is 2.45. The minimum Gasteiger partial charge on any atom is -0.457 e. The van der Waals surface area contributed by atoms with Crippen molar-refractivity contribution >= 4 is 27.5 Å². The molecule has 3 heterocycles. The predicted molar refractivity (Wildman–Crippen MR) is 133 cm³/mol. The largest absolute Gasteiger partial charge is 0.457 e. The van der Waals surface area contributed by atoms with Gasteiger partial charge in [-0.1, -0.05) is 24.3 Å². The Balaban J connectivity index is 1.43. The summed E-state index contributed by atoms with van der Waals surface area (Å²) in [4.78, 5) is 4.34. The van der Waals surface area contributed by atoms with Crippen molar-refractivity contribution in [3.05, 3.63) is 104 Å². The summed E-state index contributed by atoms with van der Waals surface area (Å²) in [7, 11) is 4.10. The van der Waals surface area contributed by atoms with Gasteiger partial charge in [-0.2, -0.15) is 0 Å². The van der Waals surface area contributed by atoms with E-state index in [1.54, 1.807) is 0 Å². The zero-order valence-electron chi connectivity index (χ0n) is 18.7. The summed E-state index contributed by atoms with van der Waals surface area (Å²) < 4.78 is 10.7.